The predicted octanol–water partition coefficient (Wildman–Crippen LogP) is 1.07. The fraction of sp³-hybridized carbons (Fsp3) is 0.526. The van der Waals surface area contributed by atoms with Crippen molar-refractivity contribution in [3.8, 4) is 0 Å². The van der Waals surface area contributed by atoms with Crippen LogP contribution in [-0.4, -0.2) is 60.3 Å². The van der Waals surface area contributed by atoms with Crippen LogP contribution in [0.15, 0.2) is 30.3 Å². The van der Waals surface area contributed by atoms with Crippen molar-refractivity contribution in [2.24, 2.45) is 5.92 Å². The molecule has 1 aromatic carbocycles. The van der Waals surface area contributed by atoms with Gasteiger partial charge in [0.05, 0.1) is 13.2 Å². The molecule has 2 rings (SSSR count). The van der Waals surface area contributed by atoms with Gasteiger partial charge in [0.1, 0.15) is 6.61 Å². The Balaban J connectivity index is 1.79. The summed E-state index contributed by atoms with van der Waals surface area (Å²) in [5.74, 6) is -1.36. The Labute approximate surface area is 158 Å². The Bertz CT molecular complexity index is 641. The van der Waals surface area contributed by atoms with Gasteiger partial charge >= 0.3 is 12.1 Å². The molecule has 27 heavy (non-hydrogen) atoms. The molecule has 2 N–H and O–H groups in total. The van der Waals surface area contributed by atoms with Gasteiger partial charge in [-0.15, -0.1) is 0 Å². The number of carbonyl (C=O) groups excluding carboxylic acids is 3. The second kappa shape index (κ2) is 9.91. The number of likely N-dealkylation sites (tertiary alicyclic amines) is 1. The molecule has 0 unspecified atom stereocenters. The smallest absolute Gasteiger partial charge is 0.410 e. The third-order valence-corrected chi connectivity index (χ3v) is 4.56. The summed E-state index contributed by atoms with van der Waals surface area (Å²) in [6.45, 7) is 2.40. The van der Waals surface area contributed by atoms with Crippen LogP contribution in [0.4, 0.5) is 4.79 Å². The van der Waals surface area contributed by atoms with E-state index in [-0.39, 0.29) is 18.4 Å². The van der Waals surface area contributed by atoms with Crippen molar-refractivity contribution in [2.45, 2.75) is 38.5 Å². The van der Waals surface area contributed by atoms with E-state index >= 15 is 0 Å². The number of aliphatic hydroxyl groups excluding tert-OH is 1. The van der Waals surface area contributed by atoms with Crippen LogP contribution in [0.2, 0.25) is 0 Å². The molecule has 1 saturated heterocycles. The van der Waals surface area contributed by atoms with Crippen LogP contribution in [-0.2, 0) is 25.7 Å². The Morgan fingerprint density at radius 3 is 2.41 bits per heavy atom. The van der Waals surface area contributed by atoms with Crippen LogP contribution in [0.5, 0.6) is 0 Å². The van der Waals surface area contributed by atoms with Crippen LogP contribution in [0, 0.1) is 5.92 Å². The minimum Gasteiger partial charge on any atom is -0.467 e. The van der Waals surface area contributed by atoms with E-state index in [1.807, 2.05) is 30.3 Å². The summed E-state index contributed by atoms with van der Waals surface area (Å²) >= 11 is 0. The topological polar surface area (TPSA) is 105 Å². The molecule has 1 aliphatic rings. The first-order valence-corrected chi connectivity index (χ1v) is 8.94. The van der Waals surface area contributed by atoms with Crippen molar-refractivity contribution in [3.63, 3.8) is 0 Å². The second-order valence-corrected chi connectivity index (χ2v) is 6.55. The lowest BCUT2D eigenvalue weighted by molar-refractivity contribution is -0.148. The average Bonchev–Trinajstić information content (AvgIpc) is 2.70. The highest BCUT2D eigenvalue weighted by molar-refractivity contribution is 5.86. The van der Waals surface area contributed by atoms with Gasteiger partial charge < -0.3 is 24.8 Å². The Hall–Kier alpha value is -2.61. The highest BCUT2D eigenvalue weighted by Crippen LogP contribution is 2.19. The van der Waals surface area contributed by atoms with E-state index in [0.29, 0.717) is 25.9 Å². The SMILES string of the molecule is COC(=O)[C@@H](NC(=O)C1CCN(C(=O)OCc2ccccc2)CC1)[C@@H](C)O. The van der Waals surface area contributed by atoms with E-state index in [1.165, 1.54) is 14.0 Å². The molecular weight excluding hydrogens is 352 g/mol. The lowest BCUT2D eigenvalue weighted by Gasteiger charge is -2.31. The van der Waals surface area contributed by atoms with Gasteiger partial charge in [-0.25, -0.2) is 9.59 Å². The summed E-state index contributed by atoms with van der Waals surface area (Å²) in [5, 5.41) is 12.2. The lowest BCUT2D eigenvalue weighted by Crippen LogP contribution is -2.51. The third kappa shape index (κ3) is 5.96. The Morgan fingerprint density at radius 1 is 1.22 bits per heavy atom. The van der Waals surface area contributed by atoms with E-state index in [9.17, 15) is 19.5 Å². The molecule has 8 nitrogen and oxygen atoms in total. The van der Waals surface area contributed by atoms with Gasteiger partial charge in [-0.1, -0.05) is 30.3 Å². The number of piperidine rings is 1. The Kier molecular flexibility index (Phi) is 7.60. The maximum Gasteiger partial charge on any atom is 0.410 e. The molecule has 1 aromatic rings. The average molecular weight is 378 g/mol. The molecule has 8 heteroatoms. The van der Waals surface area contributed by atoms with Crippen molar-refractivity contribution in [3.05, 3.63) is 35.9 Å². The molecule has 0 bridgehead atoms. The number of benzene rings is 1. The number of esters is 1. The van der Waals surface area contributed by atoms with Crippen molar-refractivity contribution >= 4 is 18.0 Å². The lowest BCUT2D eigenvalue weighted by atomic mass is 9.95. The number of aliphatic hydroxyl groups is 1. The number of carbonyl (C=O) groups is 3. The predicted molar refractivity (Wildman–Crippen MR) is 96.6 cm³/mol. The standard InChI is InChI=1S/C19H26N2O6/c1-13(22)16(18(24)26-2)20-17(23)15-8-10-21(11-9-15)19(25)27-12-14-6-4-3-5-7-14/h3-7,13,15-16,22H,8-12H2,1-2H3,(H,20,23)/t13-,16+/m1/s1. The molecule has 1 heterocycles. The van der Waals surface area contributed by atoms with Crippen molar-refractivity contribution in [1.82, 2.24) is 10.2 Å². The van der Waals surface area contributed by atoms with Crippen molar-refractivity contribution in [2.75, 3.05) is 20.2 Å². The molecule has 148 valence electrons. The van der Waals surface area contributed by atoms with Gasteiger partial charge in [0.15, 0.2) is 6.04 Å². The molecule has 0 radical (unpaired) electrons. The minimum absolute atomic E-state index is 0.204. The van der Waals surface area contributed by atoms with Gasteiger partial charge in [-0.3, -0.25) is 4.79 Å². The first-order chi connectivity index (χ1) is 12.9. The largest absolute Gasteiger partial charge is 0.467 e. The van der Waals surface area contributed by atoms with Crippen LogP contribution < -0.4 is 5.32 Å². The van der Waals surface area contributed by atoms with Crippen LogP contribution >= 0.6 is 0 Å². The monoisotopic (exact) mass is 378 g/mol. The van der Waals surface area contributed by atoms with Gasteiger partial charge in [-0.05, 0) is 25.3 Å². The summed E-state index contributed by atoms with van der Waals surface area (Å²) < 4.78 is 9.89. The summed E-state index contributed by atoms with van der Waals surface area (Å²) in [5.41, 5.74) is 0.909. The van der Waals surface area contributed by atoms with E-state index in [2.05, 4.69) is 10.1 Å². The molecule has 0 aliphatic carbocycles. The van der Waals surface area contributed by atoms with Crippen LogP contribution in [0.25, 0.3) is 0 Å². The fourth-order valence-electron chi connectivity index (χ4n) is 2.91. The van der Waals surface area contributed by atoms with Crippen LogP contribution in [0.1, 0.15) is 25.3 Å². The second-order valence-electron chi connectivity index (χ2n) is 6.55. The van der Waals surface area contributed by atoms with Gasteiger partial charge in [-0.2, -0.15) is 0 Å². The van der Waals surface area contributed by atoms with Crippen molar-refractivity contribution in [1.29, 1.82) is 0 Å². The molecule has 2 amide bonds. The van der Waals surface area contributed by atoms with Crippen LogP contribution in [0.3, 0.4) is 0 Å². The zero-order valence-electron chi connectivity index (χ0n) is 15.6. The number of nitrogens with one attached hydrogen (secondary N) is 1. The molecular formula is C19H26N2O6. The van der Waals surface area contributed by atoms with E-state index < -0.39 is 24.2 Å². The van der Waals surface area contributed by atoms with Gasteiger partial charge in [0.2, 0.25) is 5.91 Å². The van der Waals surface area contributed by atoms with Gasteiger partial charge in [0, 0.05) is 19.0 Å². The quantitative estimate of drug-likeness (QED) is 0.718. The third-order valence-electron chi connectivity index (χ3n) is 4.56. The minimum atomic E-state index is -1.10. The summed E-state index contributed by atoms with van der Waals surface area (Å²) in [6.07, 6.45) is -0.552. The highest BCUT2D eigenvalue weighted by Gasteiger charge is 2.32. The first-order valence-electron chi connectivity index (χ1n) is 8.94. The van der Waals surface area contributed by atoms with E-state index in [0.717, 1.165) is 5.56 Å². The first kappa shape index (κ1) is 20.7. The molecule has 1 fully saturated rings. The molecule has 1 aliphatic heterocycles. The number of amides is 2. The number of ether oxygens (including phenoxy) is 2. The molecule has 0 saturated carbocycles. The zero-order valence-corrected chi connectivity index (χ0v) is 15.6. The molecule has 0 spiro atoms. The number of hydrogen-bond donors (Lipinski definition) is 2. The maximum absolute atomic E-state index is 12.4. The van der Waals surface area contributed by atoms with Gasteiger partial charge in [0.25, 0.3) is 0 Å². The molecule has 0 aromatic heterocycles. The van der Waals surface area contributed by atoms with E-state index in [1.54, 1.807) is 4.90 Å². The number of nitrogens with zero attached hydrogens (tertiary/aromatic N) is 1. The zero-order chi connectivity index (χ0) is 19.8. The maximum atomic E-state index is 12.4. The normalized spacial score (nSPS) is 16.9. The van der Waals surface area contributed by atoms with Crippen molar-refractivity contribution < 1.29 is 29.0 Å². The summed E-state index contributed by atoms with van der Waals surface area (Å²) in [7, 11) is 1.20. The number of rotatable bonds is 6. The fourth-order valence-corrected chi connectivity index (χ4v) is 2.91. The summed E-state index contributed by atoms with van der Waals surface area (Å²) in [4.78, 5) is 37.7. The molecule has 2 atom stereocenters. The van der Waals surface area contributed by atoms with E-state index in [4.69, 9.17) is 4.74 Å². The summed E-state index contributed by atoms with van der Waals surface area (Å²) in [6, 6.07) is 8.30. The highest BCUT2D eigenvalue weighted by atomic mass is 16.6. The number of hydrogen-bond acceptors (Lipinski definition) is 6. The number of methoxy groups -OCH3 is 1. The Morgan fingerprint density at radius 2 is 1.85 bits per heavy atom.